The summed E-state index contributed by atoms with van der Waals surface area (Å²) in [6.07, 6.45) is 0.195. The van der Waals surface area contributed by atoms with Crippen molar-refractivity contribution in [3.8, 4) is 0 Å². The average molecular weight is 359 g/mol. The molecule has 6 heteroatoms. The van der Waals surface area contributed by atoms with Crippen molar-refractivity contribution in [3.05, 3.63) is 33.5 Å². The summed E-state index contributed by atoms with van der Waals surface area (Å²) in [6.45, 7) is 6.33. The summed E-state index contributed by atoms with van der Waals surface area (Å²) in [7, 11) is 0. The lowest BCUT2D eigenvalue weighted by molar-refractivity contribution is 0.0234. The van der Waals surface area contributed by atoms with E-state index in [-0.39, 0.29) is 18.0 Å². The summed E-state index contributed by atoms with van der Waals surface area (Å²) in [4.78, 5) is 13.8. The zero-order chi connectivity index (χ0) is 15.8. The molecule has 21 heavy (non-hydrogen) atoms. The smallest absolute Gasteiger partial charge is 0.410 e. The van der Waals surface area contributed by atoms with E-state index in [0.29, 0.717) is 24.0 Å². The van der Waals surface area contributed by atoms with Crippen molar-refractivity contribution in [1.29, 1.82) is 0 Å². The van der Waals surface area contributed by atoms with E-state index in [2.05, 4.69) is 15.9 Å². The van der Waals surface area contributed by atoms with E-state index in [9.17, 15) is 9.18 Å². The maximum atomic E-state index is 13.5. The van der Waals surface area contributed by atoms with Crippen molar-refractivity contribution in [2.45, 2.75) is 45.4 Å². The van der Waals surface area contributed by atoms with E-state index in [0.717, 1.165) is 11.1 Å². The summed E-state index contributed by atoms with van der Waals surface area (Å²) >= 11 is 3.36. The zero-order valence-corrected chi connectivity index (χ0v) is 14.0. The van der Waals surface area contributed by atoms with Crippen molar-refractivity contribution >= 4 is 22.0 Å². The van der Waals surface area contributed by atoms with Gasteiger partial charge in [-0.05, 0) is 50.5 Å². The van der Waals surface area contributed by atoms with E-state index < -0.39 is 5.60 Å². The number of nitrogens with two attached hydrogens (primary N) is 1. The Morgan fingerprint density at radius 3 is 2.76 bits per heavy atom. The molecule has 0 spiro atoms. The number of hydrogen-bond acceptors (Lipinski definition) is 3. The van der Waals surface area contributed by atoms with Crippen LogP contribution in [0.4, 0.5) is 9.18 Å². The number of ether oxygens (including phenoxy) is 1. The number of rotatable bonds is 0. The number of amides is 1. The third kappa shape index (κ3) is 3.95. The highest BCUT2D eigenvalue weighted by molar-refractivity contribution is 9.10. The molecular formula is C15H20BrFN2O2. The molecule has 0 fully saturated rings. The number of nitrogens with zero attached hydrogens (tertiary/aromatic N) is 1. The minimum Gasteiger partial charge on any atom is -0.444 e. The molecule has 2 N–H and O–H groups in total. The molecule has 0 bridgehead atoms. The fraction of sp³-hybridized carbons (Fsp3) is 0.533. The van der Waals surface area contributed by atoms with Gasteiger partial charge in [0.05, 0.1) is 6.54 Å². The molecule has 1 heterocycles. The molecule has 0 radical (unpaired) electrons. The molecule has 2 rings (SSSR count). The zero-order valence-electron chi connectivity index (χ0n) is 12.5. The second-order valence-electron chi connectivity index (χ2n) is 6.25. The monoisotopic (exact) mass is 358 g/mol. The van der Waals surface area contributed by atoms with Crippen LogP contribution in [0.1, 0.15) is 44.4 Å². The molecule has 1 aliphatic rings. The molecule has 1 aromatic carbocycles. The highest BCUT2D eigenvalue weighted by Gasteiger charge is 2.28. The fourth-order valence-electron chi connectivity index (χ4n) is 2.32. The van der Waals surface area contributed by atoms with Crippen LogP contribution in [0, 0.1) is 5.82 Å². The second-order valence-corrected chi connectivity index (χ2v) is 7.11. The topological polar surface area (TPSA) is 55.6 Å². The summed E-state index contributed by atoms with van der Waals surface area (Å²) < 4.78 is 19.6. The Morgan fingerprint density at radius 1 is 1.48 bits per heavy atom. The molecule has 1 atom stereocenters. The normalized spacial score (nSPS) is 19.0. The van der Waals surface area contributed by atoms with Gasteiger partial charge in [0.15, 0.2) is 0 Å². The van der Waals surface area contributed by atoms with Crippen LogP contribution in [0.3, 0.4) is 0 Å². The van der Waals surface area contributed by atoms with Crippen LogP contribution in [0.25, 0.3) is 0 Å². The van der Waals surface area contributed by atoms with Gasteiger partial charge in [-0.3, -0.25) is 0 Å². The number of halogens is 2. The van der Waals surface area contributed by atoms with Gasteiger partial charge < -0.3 is 15.4 Å². The largest absolute Gasteiger partial charge is 0.444 e. The molecule has 1 aliphatic heterocycles. The van der Waals surface area contributed by atoms with Gasteiger partial charge in [-0.2, -0.15) is 0 Å². The summed E-state index contributed by atoms with van der Waals surface area (Å²) in [6, 6.07) is 2.55. The van der Waals surface area contributed by atoms with Crippen LogP contribution in [0.15, 0.2) is 16.6 Å². The van der Waals surface area contributed by atoms with Gasteiger partial charge in [0.2, 0.25) is 0 Å². The molecule has 0 aromatic heterocycles. The van der Waals surface area contributed by atoms with Crippen LogP contribution < -0.4 is 5.73 Å². The Morgan fingerprint density at radius 2 is 2.14 bits per heavy atom. The quantitative estimate of drug-likeness (QED) is 0.768. The molecule has 116 valence electrons. The van der Waals surface area contributed by atoms with Gasteiger partial charge in [0.1, 0.15) is 11.4 Å². The third-order valence-electron chi connectivity index (χ3n) is 3.30. The van der Waals surface area contributed by atoms with Crippen molar-refractivity contribution in [1.82, 2.24) is 4.90 Å². The van der Waals surface area contributed by atoms with E-state index >= 15 is 0 Å². The molecule has 1 amide bonds. The number of benzene rings is 1. The molecule has 0 saturated heterocycles. The van der Waals surface area contributed by atoms with Crippen LogP contribution >= 0.6 is 15.9 Å². The lowest BCUT2D eigenvalue weighted by Crippen LogP contribution is -2.36. The summed E-state index contributed by atoms with van der Waals surface area (Å²) in [5, 5.41) is 0. The van der Waals surface area contributed by atoms with Crippen LogP contribution in [0.2, 0.25) is 0 Å². The molecular weight excluding hydrogens is 339 g/mol. The van der Waals surface area contributed by atoms with Crippen LogP contribution in [0.5, 0.6) is 0 Å². The van der Waals surface area contributed by atoms with Crippen LogP contribution in [-0.4, -0.2) is 23.1 Å². The molecule has 0 saturated carbocycles. The maximum Gasteiger partial charge on any atom is 0.410 e. The van der Waals surface area contributed by atoms with Crippen molar-refractivity contribution < 1.29 is 13.9 Å². The van der Waals surface area contributed by atoms with Crippen molar-refractivity contribution in [2.24, 2.45) is 5.73 Å². The van der Waals surface area contributed by atoms with Gasteiger partial charge in [0.25, 0.3) is 0 Å². The summed E-state index contributed by atoms with van der Waals surface area (Å²) in [5.74, 6) is -0.332. The molecule has 0 aliphatic carbocycles. The first-order valence-corrected chi connectivity index (χ1v) is 7.68. The first kappa shape index (κ1) is 16.2. The lowest BCUT2D eigenvalue weighted by Gasteiger charge is -2.26. The van der Waals surface area contributed by atoms with Gasteiger partial charge in [-0.1, -0.05) is 15.9 Å². The van der Waals surface area contributed by atoms with Crippen molar-refractivity contribution in [3.63, 3.8) is 0 Å². The Hall–Kier alpha value is -1.14. The molecule has 1 aromatic rings. The summed E-state index contributed by atoms with van der Waals surface area (Å²) in [5.41, 5.74) is 7.14. The second kappa shape index (κ2) is 5.93. The van der Waals surface area contributed by atoms with E-state index in [1.165, 1.54) is 12.1 Å². The van der Waals surface area contributed by atoms with Gasteiger partial charge >= 0.3 is 6.09 Å². The van der Waals surface area contributed by atoms with E-state index in [4.69, 9.17) is 10.5 Å². The third-order valence-corrected chi connectivity index (χ3v) is 4.01. The van der Waals surface area contributed by atoms with Gasteiger partial charge in [-0.15, -0.1) is 0 Å². The van der Waals surface area contributed by atoms with Crippen molar-refractivity contribution in [2.75, 3.05) is 6.54 Å². The Bertz CT molecular complexity index is 557. The number of carbonyl (C=O) groups excluding carboxylic acids is 1. The predicted molar refractivity (Wildman–Crippen MR) is 82.3 cm³/mol. The van der Waals surface area contributed by atoms with Gasteiger partial charge in [-0.25, -0.2) is 9.18 Å². The Balaban J connectivity index is 2.29. The highest BCUT2D eigenvalue weighted by Crippen LogP contribution is 2.32. The SMILES string of the molecule is CC(C)(C)OC(=O)N1CC[C@@H](N)c2cc(F)cc(Br)c2C1. The standard InChI is InChI=1S/C15H20BrFN2O2/c1-15(2,3)21-14(20)19-5-4-13(18)10-6-9(17)7-12(16)11(10)8-19/h6-7,13H,4-5,8,18H2,1-3H3/t13-/m1/s1. The highest BCUT2D eigenvalue weighted by atomic mass is 79.9. The number of carbonyl (C=O) groups is 1. The minimum absolute atomic E-state index is 0.292. The number of hydrogen-bond donors (Lipinski definition) is 1. The first-order chi connectivity index (χ1) is 9.67. The lowest BCUT2D eigenvalue weighted by atomic mass is 10.00. The molecule has 0 unspecified atom stereocenters. The maximum absolute atomic E-state index is 13.5. The first-order valence-electron chi connectivity index (χ1n) is 6.88. The van der Waals surface area contributed by atoms with Gasteiger partial charge in [0, 0.05) is 17.1 Å². The Labute approximate surface area is 132 Å². The predicted octanol–water partition coefficient (Wildman–Crippen LogP) is 3.73. The fourth-order valence-corrected chi connectivity index (χ4v) is 2.90. The van der Waals surface area contributed by atoms with E-state index in [1.807, 2.05) is 20.8 Å². The Kier molecular flexibility index (Phi) is 4.58. The molecule has 4 nitrogen and oxygen atoms in total. The van der Waals surface area contributed by atoms with E-state index in [1.54, 1.807) is 4.90 Å². The number of fused-ring (bicyclic) bond motifs is 1. The minimum atomic E-state index is -0.547. The van der Waals surface area contributed by atoms with Crippen LogP contribution in [-0.2, 0) is 11.3 Å². The average Bonchev–Trinajstić information content (AvgIpc) is 2.48.